The molecule has 2 rings (SSSR count). The first-order chi connectivity index (χ1) is 8.61. The fourth-order valence-corrected chi connectivity index (χ4v) is 2.20. The van der Waals surface area contributed by atoms with Gasteiger partial charge in [0, 0.05) is 31.5 Å². The van der Waals surface area contributed by atoms with Gasteiger partial charge in [0.05, 0.1) is 5.71 Å². The Labute approximate surface area is 107 Å². The van der Waals surface area contributed by atoms with E-state index in [1.54, 1.807) is 0 Å². The highest BCUT2D eigenvalue weighted by atomic mass is 16.4. The van der Waals surface area contributed by atoms with Crippen molar-refractivity contribution in [2.45, 2.75) is 26.7 Å². The fourth-order valence-electron chi connectivity index (χ4n) is 2.20. The summed E-state index contributed by atoms with van der Waals surface area (Å²) in [5.41, 5.74) is 3.66. The number of rotatable bonds is 1. The van der Waals surface area contributed by atoms with Gasteiger partial charge in [0.15, 0.2) is 0 Å². The maximum absolute atomic E-state index is 12.4. The van der Waals surface area contributed by atoms with E-state index in [2.05, 4.69) is 5.16 Å². The maximum Gasteiger partial charge on any atom is 0.254 e. The molecule has 1 fully saturated rings. The predicted octanol–water partition coefficient (Wildman–Crippen LogP) is 2.37. The van der Waals surface area contributed by atoms with E-state index < -0.39 is 0 Å². The topological polar surface area (TPSA) is 52.9 Å². The average Bonchev–Trinajstić information content (AvgIpc) is 2.41. The molecule has 4 heteroatoms. The normalized spacial score (nSPS) is 15.7. The lowest BCUT2D eigenvalue weighted by molar-refractivity contribution is 0.0753. The molecule has 1 N–H and O–H groups in total. The van der Waals surface area contributed by atoms with Crippen LogP contribution >= 0.6 is 0 Å². The number of oxime groups is 1. The van der Waals surface area contributed by atoms with E-state index in [1.807, 2.05) is 36.9 Å². The molecule has 1 aromatic rings. The third kappa shape index (κ3) is 2.53. The van der Waals surface area contributed by atoms with Gasteiger partial charge in [0.2, 0.25) is 0 Å². The number of nitrogens with zero attached hydrogens (tertiary/aromatic N) is 2. The van der Waals surface area contributed by atoms with Crippen LogP contribution in [0.5, 0.6) is 0 Å². The molecule has 0 aliphatic carbocycles. The van der Waals surface area contributed by atoms with Gasteiger partial charge in [-0.15, -0.1) is 0 Å². The number of carbonyl (C=O) groups is 1. The van der Waals surface area contributed by atoms with E-state index in [9.17, 15) is 4.79 Å². The van der Waals surface area contributed by atoms with Crippen LogP contribution in [0.3, 0.4) is 0 Å². The van der Waals surface area contributed by atoms with Gasteiger partial charge in [-0.05, 0) is 25.5 Å². The fraction of sp³-hybridized carbons (Fsp3) is 0.429. The number of benzene rings is 1. The summed E-state index contributed by atoms with van der Waals surface area (Å²) in [5, 5.41) is 11.9. The summed E-state index contributed by atoms with van der Waals surface area (Å²) in [6.45, 7) is 5.21. The number of amides is 1. The molecule has 0 aromatic heterocycles. The molecular weight excluding hydrogens is 228 g/mol. The summed E-state index contributed by atoms with van der Waals surface area (Å²) in [6.07, 6.45) is 1.32. The number of hydrogen-bond donors (Lipinski definition) is 1. The van der Waals surface area contributed by atoms with Gasteiger partial charge >= 0.3 is 0 Å². The highest BCUT2D eigenvalue weighted by Gasteiger charge is 2.22. The second-order valence-electron chi connectivity index (χ2n) is 4.78. The zero-order valence-electron chi connectivity index (χ0n) is 10.8. The Morgan fingerprint density at radius 3 is 2.56 bits per heavy atom. The first-order valence-corrected chi connectivity index (χ1v) is 6.18. The Bertz CT molecular complexity index is 485. The molecule has 1 heterocycles. The van der Waals surface area contributed by atoms with Gasteiger partial charge in [0.1, 0.15) is 0 Å². The van der Waals surface area contributed by atoms with Crippen LogP contribution in [0.15, 0.2) is 23.4 Å². The van der Waals surface area contributed by atoms with Crippen LogP contribution in [0.1, 0.15) is 34.3 Å². The van der Waals surface area contributed by atoms with E-state index in [0.717, 1.165) is 22.4 Å². The van der Waals surface area contributed by atoms with E-state index >= 15 is 0 Å². The molecule has 1 saturated heterocycles. The van der Waals surface area contributed by atoms with Crippen molar-refractivity contribution in [1.82, 2.24) is 4.90 Å². The Morgan fingerprint density at radius 2 is 1.94 bits per heavy atom. The van der Waals surface area contributed by atoms with Crippen molar-refractivity contribution in [1.29, 1.82) is 0 Å². The molecule has 4 nitrogen and oxygen atoms in total. The molecule has 0 bridgehead atoms. The maximum atomic E-state index is 12.4. The number of carbonyl (C=O) groups excluding carboxylic acids is 1. The highest BCUT2D eigenvalue weighted by molar-refractivity contribution is 5.97. The van der Waals surface area contributed by atoms with Crippen LogP contribution in [0.2, 0.25) is 0 Å². The van der Waals surface area contributed by atoms with E-state index in [1.165, 1.54) is 0 Å². The zero-order chi connectivity index (χ0) is 13.1. The minimum atomic E-state index is 0.0770. The third-order valence-electron chi connectivity index (χ3n) is 3.39. The minimum absolute atomic E-state index is 0.0770. The van der Waals surface area contributed by atoms with Crippen LogP contribution < -0.4 is 0 Å². The van der Waals surface area contributed by atoms with E-state index in [0.29, 0.717) is 25.9 Å². The summed E-state index contributed by atoms with van der Waals surface area (Å²) in [4.78, 5) is 14.2. The largest absolute Gasteiger partial charge is 0.411 e. The summed E-state index contributed by atoms with van der Waals surface area (Å²) in [5.74, 6) is 0.0770. The SMILES string of the molecule is Cc1ccc(C)c(C(=O)N2CCC(=NO)CC2)c1. The molecule has 0 unspecified atom stereocenters. The van der Waals surface area contributed by atoms with Gasteiger partial charge in [-0.3, -0.25) is 4.79 Å². The third-order valence-corrected chi connectivity index (χ3v) is 3.39. The quantitative estimate of drug-likeness (QED) is 0.611. The van der Waals surface area contributed by atoms with Gasteiger partial charge in [-0.25, -0.2) is 0 Å². The van der Waals surface area contributed by atoms with Gasteiger partial charge in [-0.2, -0.15) is 0 Å². The lowest BCUT2D eigenvalue weighted by Crippen LogP contribution is -2.39. The Morgan fingerprint density at radius 1 is 1.28 bits per heavy atom. The first-order valence-electron chi connectivity index (χ1n) is 6.18. The van der Waals surface area contributed by atoms with Crippen LogP contribution in [-0.2, 0) is 0 Å². The zero-order valence-corrected chi connectivity index (χ0v) is 10.8. The van der Waals surface area contributed by atoms with Crippen molar-refractivity contribution >= 4 is 11.6 Å². The minimum Gasteiger partial charge on any atom is -0.411 e. The number of aryl methyl sites for hydroxylation is 2. The van der Waals surface area contributed by atoms with Crippen molar-refractivity contribution in [2.24, 2.45) is 5.16 Å². The van der Waals surface area contributed by atoms with Gasteiger partial charge in [0.25, 0.3) is 5.91 Å². The molecule has 0 spiro atoms. The molecule has 0 atom stereocenters. The average molecular weight is 246 g/mol. The summed E-state index contributed by atoms with van der Waals surface area (Å²) >= 11 is 0. The van der Waals surface area contributed by atoms with Gasteiger partial charge < -0.3 is 10.1 Å². The lowest BCUT2D eigenvalue weighted by Gasteiger charge is -2.27. The van der Waals surface area contributed by atoms with Crippen molar-refractivity contribution in [3.63, 3.8) is 0 Å². The van der Waals surface area contributed by atoms with Crippen LogP contribution in [0.4, 0.5) is 0 Å². The molecule has 0 saturated carbocycles. The molecule has 18 heavy (non-hydrogen) atoms. The molecular formula is C14H18N2O2. The Hall–Kier alpha value is -1.84. The van der Waals surface area contributed by atoms with Gasteiger partial charge in [-0.1, -0.05) is 22.9 Å². The second kappa shape index (κ2) is 5.21. The Kier molecular flexibility index (Phi) is 3.65. The summed E-state index contributed by atoms with van der Waals surface area (Å²) in [6, 6.07) is 5.93. The standard InChI is InChI=1S/C14H18N2O2/c1-10-3-4-11(2)13(9-10)14(17)16-7-5-12(15-18)6-8-16/h3-4,9,18H,5-8H2,1-2H3. The predicted molar refractivity (Wildman–Crippen MR) is 70.3 cm³/mol. The molecule has 96 valence electrons. The Balaban J connectivity index is 2.15. The van der Waals surface area contributed by atoms with Crippen molar-refractivity contribution in [2.75, 3.05) is 13.1 Å². The summed E-state index contributed by atoms with van der Waals surface area (Å²) < 4.78 is 0. The lowest BCUT2D eigenvalue weighted by atomic mass is 10.0. The van der Waals surface area contributed by atoms with Crippen LogP contribution in [0, 0.1) is 13.8 Å². The van der Waals surface area contributed by atoms with E-state index in [-0.39, 0.29) is 5.91 Å². The number of likely N-dealkylation sites (tertiary alicyclic amines) is 1. The van der Waals surface area contributed by atoms with E-state index in [4.69, 9.17) is 5.21 Å². The van der Waals surface area contributed by atoms with Crippen molar-refractivity contribution in [3.05, 3.63) is 34.9 Å². The van der Waals surface area contributed by atoms with Crippen molar-refractivity contribution in [3.8, 4) is 0 Å². The second-order valence-corrected chi connectivity index (χ2v) is 4.78. The molecule has 1 aliphatic heterocycles. The van der Waals surface area contributed by atoms with Crippen LogP contribution in [-0.4, -0.2) is 34.8 Å². The van der Waals surface area contributed by atoms with Crippen LogP contribution in [0.25, 0.3) is 0 Å². The number of piperidine rings is 1. The molecule has 0 radical (unpaired) electrons. The van der Waals surface area contributed by atoms with Crippen molar-refractivity contribution < 1.29 is 10.0 Å². The monoisotopic (exact) mass is 246 g/mol. The highest BCUT2D eigenvalue weighted by Crippen LogP contribution is 2.16. The molecule has 1 aliphatic rings. The summed E-state index contributed by atoms with van der Waals surface area (Å²) in [7, 11) is 0. The molecule has 1 aromatic carbocycles. The number of hydrogen-bond acceptors (Lipinski definition) is 3. The molecule has 1 amide bonds. The smallest absolute Gasteiger partial charge is 0.254 e. The first kappa shape index (κ1) is 12.6.